The fraction of sp³-hybridized carbons (Fsp3) is 0.192. The monoisotopic (exact) mass is 496 g/mol. The van der Waals surface area contributed by atoms with Crippen LogP contribution in [-0.2, 0) is 4.79 Å². The number of aldehydes is 1. The molecule has 1 aliphatic rings. The molecule has 8 heteroatoms. The normalized spacial score (nSPS) is 15.1. The van der Waals surface area contributed by atoms with E-state index in [4.69, 9.17) is 32.7 Å². The van der Waals surface area contributed by atoms with Crippen molar-refractivity contribution in [3.05, 3.63) is 93.5 Å². The van der Waals surface area contributed by atoms with Crippen LogP contribution in [0.4, 0.5) is 0 Å². The van der Waals surface area contributed by atoms with Gasteiger partial charge in [-0.15, -0.1) is 0 Å². The van der Waals surface area contributed by atoms with Crippen molar-refractivity contribution in [2.75, 3.05) is 13.2 Å². The zero-order valence-corrected chi connectivity index (χ0v) is 19.9. The maximum atomic E-state index is 13.3. The summed E-state index contributed by atoms with van der Waals surface area (Å²) in [6, 6.07) is 19.2. The van der Waals surface area contributed by atoms with Crippen LogP contribution >= 0.6 is 23.2 Å². The summed E-state index contributed by atoms with van der Waals surface area (Å²) in [6.45, 7) is 1.96. The fourth-order valence-electron chi connectivity index (χ4n) is 3.73. The molecule has 4 rings (SSSR count). The third-order valence-electron chi connectivity index (χ3n) is 5.36. The number of benzene rings is 3. The van der Waals surface area contributed by atoms with Gasteiger partial charge >= 0.3 is 0 Å². The molecule has 1 aliphatic heterocycles. The van der Waals surface area contributed by atoms with E-state index in [1.165, 1.54) is 5.01 Å². The molecule has 0 aliphatic carbocycles. The molecule has 0 bridgehead atoms. The Morgan fingerprint density at radius 3 is 2.53 bits per heavy atom. The highest BCUT2D eigenvalue weighted by atomic mass is 35.5. The predicted octanol–water partition coefficient (Wildman–Crippen LogP) is 5.96. The van der Waals surface area contributed by atoms with Crippen LogP contribution < -0.4 is 9.47 Å². The molecule has 0 aromatic heterocycles. The second-order valence-electron chi connectivity index (χ2n) is 7.58. The molecule has 0 N–H and O–H groups in total. The van der Waals surface area contributed by atoms with Crippen LogP contribution in [0.3, 0.4) is 0 Å². The second-order valence-corrected chi connectivity index (χ2v) is 8.43. The topological polar surface area (TPSA) is 68.2 Å². The van der Waals surface area contributed by atoms with E-state index >= 15 is 0 Å². The number of halogens is 2. The van der Waals surface area contributed by atoms with Gasteiger partial charge in [0.25, 0.3) is 5.91 Å². The molecule has 6 nitrogen and oxygen atoms in total. The van der Waals surface area contributed by atoms with Crippen LogP contribution in [0, 0.1) is 0 Å². The number of hydrogen-bond acceptors (Lipinski definition) is 5. The summed E-state index contributed by atoms with van der Waals surface area (Å²) in [4.78, 5) is 24.3. The molecule has 174 valence electrons. The average molecular weight is 497 g/mol. The minimum Gasteiger partial charge on any atom is -0.490 e. The number of hydrazone groups is 1. The zero-order chi connectivity index (χ0) is 24.1. The maximum Gasteiger partial charge on any atom is 0.281 e. The molecular formula is C26H22Cl2N2O4. The molecule has 34 heavy (non-hydrogen) atoms. The molecule has 0 saturated carbocycles. The molecule has 0 spiro atoms. The van der Waals surface area contributed by atoms with Crippen molar-refractivity contribution >= 4 is 41.1 Å². The lowest BCUT2D eigenvalue weighted by Gasteiger charge is -2.22. The third kappa shape index (κ3) is 5.24. The highest BCUT2D eigenvalue weighted by Crippen LogP contribution is 2.35. The number of rotatable bonds is 8. The lowest BCUT2D eigenvalue weighted by Crippen LogP contribution is -2.31. The van der Waals surface area contributed by atoms with Gasteiger partial charge < -0.3 is 9.47 Å². The molecule has 3 aromatic carbocycles. The van der Waals surface area contributed by atoms with Crippen LogP contribution in [0.25, 0.3) is 0 Å². The maximum absolute atomic E-state index is 13.3. The number of nitrogens with zero attached hydrogens (tertiary/aromatic N) is 2. The van der Waals surface area contributed by atoms with Crippen molar-refractivity contribution in [1.29, 1.82) is 0 Å². The van der Waals surface area contributed by atoms with E-state index in [-0.39, 0.29) is 18.6 Å². The van der Waals surface area contributed by atoms with Gasteiger partial charge in [-0.05, 0) is 48.9 Å². The van der Waals surface area contributed by atoms with Crippen molar-refractivity contribution in [3.8, 4) is 11.5 Å². The van der Waals surface area contributed by atoms with Gasteiger partial charge in [-0.1, -0.05) is 53.5 Å². The molecule has 0 radical (unpaired) electrons. The molecule has 0 saturated heterocycles. The van der Waals surface area contributed by atoms with Crippen LogP contribution in [-0.4, -0.2) is 36.1 Å². The van der Waals surface area contributed by atoms with Gasteiger partial charge in [0, 0.05) is 27.6 Å². The first-order valence-electron chi connectivity index (χ1n) is 10.7. The van der Waals surface area contributed by atoms with Gasteiger partial charge in [-0.2, -0.15) is 5.10 Å². The highest BCUT2D eigenvalue weighted by molar-refractivity contribution is 6.34. The molecule has 1 atom stereocenters. The number of amides is 1. The number of hydrogen-bond donors (Lipinski definition) is 0. The second kappa shape index (κ2) is 10.7. The minimum absolute atomic E-state index is 0.260. The van der Waals surface area contributed by atoms with Crippen molar-refractivity contribution < 1.29 is 19.1 Å². The largest absolute Gasteiger partial charge is 0.490 e. The Morgan fingerprint density at radius 1 is 1.06 bits per heavy atom. The lowest BCUT2D eigenvalue weighted by atomic mass is 9.98. The van der Waals surface area contributed by atoms with Crippen molar-refractivity contribution in [2.45, 2.75) is 19.4 Å². The van der Waals surface area contributed by atoms with Gasteiger partial charge in [0.2, 0.25) is 0 Å². The number of carbonyl (C=O) groups excluding carboxylic acids is 2. The van der Waals surface area contributed by atoms with Gasteiger partial charge in [0.15, 0.2) is 18.1 Å². The van der Waals surface area contributed by atoms with Gasteiger partial charge in [-0.3, -0.25) is 9.59 Å². The molecule has 3 aromatic rings. The van der Waals surface area contributed by atoms with E-state index in [1.54, 1.807) is 36.4 Å². The predicted molar refractivity (Wildman–Crippen MR) is 132 cm³/mol. The van der Waals surface area contributed by atoms with E-state index in [1.807, 2.05) is 37.3 Å². The summed E-state index contributed by atoms with van der Waals surface area (Å²) in [5, 5.41) is 7.23. The van der Waals surface area contributed by atoms with E-state index in [0.29, 0.717) is 45.8 Å². The molecule has 0 fully saturated rings. The van der Waals surface area contributed by atoms with Crippen LogP contribution in [0.1, 0.15) is 40.9 Å². The Bertz CT molecular complexity index is 1230. The Morgan fingerprint density at radius 2 is 1.82 bits per heavy atom. The Kier molecular flexibility index (Phi) is 7.50. The Hall–Kier alpha value is -3.35. The van der Waals surface area contributed by atoms with Crippen LogP contribution in [0.15, 0.2) is 71.8 Å². The smallest absolute Gasteiger partial charge is 0.281 e. The first-order chi connectivity index (χ1) is 16.5. The quantitative estimate of drug-likeness (QED) is 0.360. The average Bonchev–Trinajstić information content (AvgIpc) is 3.29. The van der Waals surface area contributed by atoms with E-state index in [0.717, 1.165) is 17.4 Å². The molecule has 1 amide bonds. The van der Waals surface area contributed by atoms with E-state index in [9.17, 15) is 9.59 Å². The summed E-state index contributed by atoms with van der Waals surface area (Å²) >= 11 is 12.5. The first kappa shape index (κ1) is 23.8. The summed E-state index contributed by atoms with van der Waals surface area (Å²) in [6.07, 6.45) is 1.22. The summed E-state index contributed by atoms with van der Waals surface area (Å²) in [5.74, 6) is 0.443. The van der Waals surface area contributed by atoms with Crippen LogP contribution in [0.5, 0.6) is 11.5 Å². The summed E-state index contributed by atoms with van der Waals surface area (Å²) in [7, 11) is 0. The Balaban J connectivity index is 1.59. The fourth-order valence-corrected chi connectivity index (χ4v) is 4.10. The van der Waals surface area contributed by atoms with E-state index in [2.05, 4.69) is 5.10 Å². The van der Waals surface area contributed by atoms with Crippen molar-refractivity contribution in [2.24, 2.45) is 5.10 Å². The van der Waals surface area contributed by atoms with Crippen molar-refractivity contribution in [1.82, 2.24) is 5.01 Å². The van der Waals surface area contributed by atoms with Gasteiger partial charge in [0.05, 0.1) is 18.4 Å². The van der Waals surface area contributed by atoms with Crippen molar-refractivity contribution in [3.63, 3.8) is 0 Å². The molecular weight excluding hydrogens is 475 g/mol. The van der Waals surface area contributed by atoms with Crippen LogP contribution in [0.2, 0.25) is 10.0 Å². The highest BCUT2D eigenvalue weighted by Gasteiger charge is 2.34. The minimum atomic E-state index is -0.330. The Labute approximate surface area is 207 Å². The van der Waals surface area contributed by atoms with E-state index < -0.39 is 0 Å². The summed E-state index contributed by atoms with van der Waals surface area (Å²) < 4.78 is 11.3. The summed E-state index contributed by atoms with van der Waals surface area (Å²) in [5.41, 5.74) is 2.85. The first-order valence-corrected chi connectivity index (χ1v) is 11.5. The number of carbonyl (C=O) groups is 2. The standard InChI is InChI=1S/C26H22Cl2N2O4/c1-2-33-25-13-17(15-31)7-12-24(25)34-16-26(32)30-23(18-8-10-19(27)11-9-18)14-22(29-30)20-5-3-4-6-21(20)28/h3-13,15,23H,2,14,16H2,1H3. The number of ether oxygens (including phenoxy) is 2. The molecule has 1 heterocycles. The lowest BCUT2D eigenvalue weighted by molar-refractivity contribution is -0.135. The van der Waals surface area contributed by atoms with Gasteiger partial charge in [0.1, 0.15) is 6.29 Å². The van der Waals surface area contributed by atoms with Gasteiger partial charge in [-0.25, -0.2) is 5.01 Å². The molecule has 1 unspecified atom stereocenters. The zero-order valence-electron chi connectivity index (χ0n) is 18.4. The third-order valence-corrected chi connectivity index (χ3v) is 5.94. The SMILES string of the molecule is CCOc1cc(C=O)ccc1OCC(=O)N1N=C(c2ccccc2Cl)CC1c1ccc(Cl)cc1.